The highest BCUT2D eigenvalue weighted by atomic mass is 32.1. The topological polar surface area (TPSA) is 60.7 Å². The number of carbonyl (C=O) groups excluding carboxylic acids is 1. The summed E-state index contributed by atoms with van der Waals surface area (Å²) in [5.41, 5.74) is 0.996. The van der Waals surface area contributed by atoms with Crippen molar-refractivity contribution in [3.8, 4) is 0 Å². The molecule has 1 aliphatic carbocycles. The minimum absolute atomic E-state index is 0.0460. The van der Waals surface area contributed by atoms with Crippen LogP contribution in [-0.4, -0.2) is 15.4 Å². The highest BCUT2D eigenvalue weighted by molar-refractivity contribution is 7.17. The van der Waals surface area contributed by atoms with Gasteiger partial charge in [0.2, 0.25) is 0 Å². The van der Waals surface area contributed by atoms with Crippen LogP contribution in [0.1, 0.15) is 49.9 Å². The highest BCUT2D eigenvalue weighted by Gasteiger charge is 2.23. The van der Waals surface area contributed by atoms with Gasteiger partial charge in [-0.05, 0) is 46.5 Å². The second-order valence-electron chi connectivity index (χ2n) is 6.71. The van der Waals surface area contributed by atoms with Crippen molar-refractivity contribution in [1.82, 2.24) is 9.38 Å². The first-order valence-corrected chi connectivity index (χ1v) is 8.38. The van der Waals surface area contributed by atoms with Gasteiger partial charge in [-0.1, -0.05) is 0 Å². The van der Waals surface area contributed by atoms with Gasteiger partial charge in [-0.3, -0.25) is 14.0 Å². The third-order valence-electron chi connectivity index (χ3n) is 3.78. The Labute approximate surface area is 133 Å². The molecule has 0 fully saturated rings. The molecule has 0 saturated carbocycles. The maximum absolute atomic E-state index is 12.4. The van der Waals surface area contributed by atoms with Crippen molar-refractivity contribution in [3.05, 3.63) is 32.7 Å². The molecule has 0 aromatic carbocycles. The first-order valence-electron chi connectivity index (χ1n) is 7.57. The molecule has 0 atom stereocenters. The number of nitrogens with zero attached hydrogens (tertiary/aromatic N) is 2. The van der Waals surface area contributed by atoms with E-state index >= 15 is 0 Å². The zero-order valence-electron chi connectivity index (χ0n) is 13.1. The van der Waals surface area contributed by atoms with E-state index in [4.69, 9.17) is 4.74 Å². The SMILES string of the molecule is CC(C)(C)C(=O)OCc1cc(=O)n2c3c(sc2n1)CCCC3. The van der Waals surface area contributed by atoms with Crippen LogP contribution in [0, 0.1) is 5.41 Å². The number of hydrogen-bond acceptors (Lipinski definition) is 5. The first kappa shape index (κ1) is 15.2. The number of thiazole rings is 1. The van der Waals surface area contributed by atoms with E-state index in [9.17, 15) is 9.59 Å². The number of aromatic nitrogens is 2. The zero-order valence-corrected chi connectivity index (χ0v) is 14.0. The molecule has 0 unspecified atom stereocenters. The van der Waals surface area contributed by atoms with Crippen LogP contribution >= 0.6 is 11.3 Å². The summed E-state index contributed by atoms with van der Waals surface area (Å²) in [6, 6.07) is 1.48. The fourth-order valence-corrected chi connectivity index (χ4v) is 3.80. The fourth-order valence-electron chi connectivity index (χ4n) is 2.57. The second kappa shape index (κ2) is 5.50. The van der Waals surface area contributed by atoms with Gasteiger partial charge in [-0.25, -0.2) is 4.98 Å². The van der Waals surface area contributed by atoms with Crippen molar-refractivity contribution in [2.75, 3.05) is 0 Å². The molecular weight excluding hydrogens is 300 g/mol. The standard InChI is InChI=1S/C16H20N2O3S/c1-16(2,3)14(20)21-9-10-8-13(19)18-11-6-4-5-7-12(11)22-15(18)17-10/h8H,4-7,9H2,1-3H3. The summed E-state index contributed by atoms with van der Waals surface area (Å²) in [6.45, 7) is 5.45. The third kappa shape index (κ3) is 2.79. The molecule has 0 N–H and O–H groups in total. The van der Waals surface area contributed by atoms with E-state index in [0.717, 1.165) is 25.0 Å². The molecule has 2 heterocycles. The van der Waals surface area contributed by atoms with Crippen molar-refractivity contribution in [3.63, 3.8) is 0 Å². The fraction of sp³-hybridized carbons (Fsp3) is 0.562. The lowest BCUT2D eigenvalue weighted by Crippen LogP contribution is -2.24. The molecule has 0 spiro atoms. The van der Waals surface area contributed by atoms with E-state index < -0.39 is 5.41 Å². The predicted octanol–water partition coefficient (Wildman–Crippen LogP) is 2.72. The Morgan fingerprint density at radius 2 is 2.09 bits per heavy atom. The molecule has 2 aromatic rings. The van der Waals surface area contributed by atoms with Gasteiger partial charge in [0.05, 0.1) is 11.1 Å². The number of fused-ring (bicyclic) bond motifs is 3. The maximum atomic E-state index is 12.4. The summed E-state index contributed by atoms with van der Waals surface area (Å²) in [4.78, 5) is 30.7. The van der Waals surface area contributed by atoms with E-state index in [1.165, 1.54) is 17.4 Å². The molecule has 3 rings (SSSR count). The van der Waals surface area contributed by atoms with Crippen LogP contribution in [0.2, 0.25) is 0 Å². The Balaban J connectivity index is 1.90. The summed E-state index contributed by atoms with van der Waals surface area (Å²) >= 11 is 1.58. The van der Waals surface area contributed by atoms with E-state index in [1.807, 2.05) is 0 Å². The lowest BCUT2D eigenvalue weighted by Gasteiger charge is -2.16. The summed E-state index contributed by atoms with van der Waals surface area (Å²) < 4.78 is 6.97. The van der Waals surface area contributed by atoms with Crippen molar-refractivity contribution in [1.29, 1.82) is 0 Å². The van der Waals surface area contributed by atoms with Gasteiger partial charge in [0.1, 0.15) is 6.61 Å². The van der Waals surface area contributed by atoms with Gasteiger partial charge in [0, 0.05) is 16.6 Å². The molecular formula is C16H20N2O3S. The maximum Gasteiger partial charge on any atom is 0.311 e. The molecule has 6 heteroatoms. The van der Waals surface area contributed by atoms with Crippen LogP contribution in [0.15, 0.2) is 10.9 Å². The summed E-state index contributed by atoms with van der Waals surface area (Å²) in [5, 5.41) is 0. The average molecular weight is 320 g/mol. The molecule has 0 bridgehead atoms. The summed E-state index contributed by atoms with van der Waals surface area (Å²) in [6.07, 6.45) is 4.26. The normalized spacial score (nSPS) is 14.9. The number of ether oxygens (including phenoxy) is 1. The van der Waals surface area contributed by atoms with Gasteiger partial charge < -0.3 is 4.74 Å². The Kier molecular flexibility index (Phi) is 3.80. The Morgan fingerprint density at radius 3 is 2.82 bits per heavy atom. The monoisotopic (exact) mass is 320 g/mol. The molecule has 0 saturated heterocycles. The molecule has 118 valence electrons. The summed E-state index contributed by atoms with van der Waals surface area (Å²) in [7, 11) is 0. The second-order valence-corrected chi connectivity index (χ2v) is 7.77. The van der Waals surface area contributed by atoms with Gasteiger partial charge in [-0.2, -0.15) is 0 Å². The minimum Gasteiger partial charge on any atom is -0.459 e. The Bertz CT molecular complexity index is 783. The summed E-state index contributed by atoms with van der Waals surface area (Å²) in [5.74, 6) is -0.292. The van der Waals surface area contributed by atoms with E-state index in [0.29, 0.717) is 10.7 Å². The molecule has 5 nitrogen and oxygen atoms in total. The number of rotatable bonds is 2. The smallest absolute Gasteiger partial charge is 0.311 e. The lowest BCUT2D eigenvalue weighted by molar-refractivity contribution is -0.154. The Hall–Kier alpha value is -1.69. The van der Waals surface area contributed by atoms with E-state index in [2.05, 4.69) is 4.98 Å². The van der Waals surface area contributed by atoms with Crippen LogP contribution < -0.4 is 5.56 Å². The van der Waals surface area contributed by atoms with Crippen molar-refractivity contribution in [2.45, 2.75) is 53.1 Å². The van der Waals surface area contributed by atoms with E-state index in [-0.39, 0.29) is 18.1 Å². The molecule has 0 aliphatic heterocycles. The van der Waals surface area contributed by atoms with Crippen molar-refractivity contribution < 1.29 is 9.53 Å². The number of aryl methyl sites for hydroxylation is 2. The highest BCUT2D eigenvalue weighted by Crippen LogP contribution is 2.28. The average Bonchev–Trinajstić information content (AvgIpc) is 2.82. The third-order valence-corrected chi connectivity index (χ3v) is 4.92. The van der Waals surface area contributed by atoms with Crippen LogP contribution in [0.3, 0.4) is 0 Å². The van der Waals surface area contributed by atoms with Crippen molar-refractivity contribution >= 4 is 22.3 Å². The van der Waals surface area contributed by atoms with Crippen LogP contribution in [0.5, 0.6) is 0 Å². The van der Waals surface area contributed by atoms with Gasteiger partial charge >= 0.3 is 5.97 Å². The molecule has 0 radical (unpaired) electrons. The minimum atomic E-state index is -0.554. The zero-order chi connectivity index (χ0) is 15.9. The molecule has 2 aromatic heterocycles. The van der Waals surface area contributed by atoms with Crippen LogP contribution in [-0.2, 0) is 29.0 Å². The predicted molar refractivity (Wildman–Crippen MR) is 85.2 cm³/mol. The number of carbonyl (C=O) groups is 1. The van der Waals surface area contributed by atoms with Gasteiger partial charge in [-0.15, -0.1) is 11.3 Å². The van der Waals surface area contributed by atoms with Gasteiger partial charge in [0.25, 0.3) is 5.56 Å². The Morgan fingerprint density at radius 1 is 1.36 bits per heavy atom. The van der Waals surface area contributed by atoms with Crippen molar-refractivity contribution in [2.24, 2.45) is 5.41 Å². The van der Waals surface area contributed by atoms with Gasteiger partial charge in [0.15, 0.2) is 4.96 Å². The molecule has 22 heavy (non-hydrogen) atoms. The quantitative estimate of drug-likeness (QED) is 0.798. The largest absolute Gasteiger partial charge is 0.459 e. The van der Waals surface area contributed by atoms with Crippen LogP contribution in [0.25, 0.3) is 4.96 Å². The van der Waals surface area contributed by atoms with Crippen LogP contribution in [0.4, 0.5) is 0 Å². The number of hydrogen-bond donors (Lipinski definition) is 0. The van der Waals surface area contributed by atoms with E-state index in [1.54, 1.807) is 36.5 Å². The first-order chi connectivity index (χ1) is 10.4. The lowest BCUT2D eigenvalue weighted by atomic mass is 9.97. The number of esters is 1. The molecule has 1 aliphatic rings. The molecule has 0 amide bonds.